The van der Waals surface area contributed by atoms with Gasteiger partial charge in [-0.2, -0.15) is 0 Å². The first kappa shape index (κ1) is 17.1. The van der Waals surface area contributed by atoms with Gasteiger partial charge in [-0.15, -0.1) is 0 Å². The van der Waals surface area contributed by atoms with Crippen LogP contribution in [0.2, 0.25) is 0 Å². The lowest BCUT2D eigenvalue weighted by Gasteiger charge is -2.40. The van der Waals surface area contributed by atoms with Gasteiger partial charge in [-0.1, -0.05) is 12.1 Å². The highest BCUT2D eigenvalue weighted by Crippen LogP contribution is 2.34. The van der Waals surface area contributed by atoms with E-state index >= 15 is 0 Å². The number of piperidine rings is 2. The van der Waals surface area contributed by atoms with E-state index in [0.717, 1.165) is 49.7 Å². The molecule has 0 spiro atoms. The summed E-state index contributed by atoms with van der Waals surface area (Å²) >= 11 is 0. The van der Waals surface area contributed by atoms with Crippen molar-refractivity contribution in [2.75, 3.05) is 41.7 Å². The Kier molecular flexibility index (Phi) is 4.96. The minimum atomic E-state index is 0.613. The lowest BCUT2D eigenvalue weighted by Crippen LogP contribution is -2.41. The molecule has 0 radical (unpaired) electrons. The molecule has 0 amide bonds. The van der Waals surface area contributed by atoms with Crippen LogP contribution in [0.3, 0.4) is 0 Å². The quantitative estimate of drug-likeness (QED) is 0.917. The third-order valence-electron chi connectivity index (χ3n) is 6.05. The fourth-order valence-corrected chi connectivity index (χ4v) is 4.46. The fraction of sp³-hybridized carbons (Fsp3) is 0.524. The Morgan fingerprint density at radius 3 is 2.00 bits per heavy atom. The second-order valence-corrected chi connectivity index (χ2v) is 7.76. The number of hydrogen-bond acceptors (Lipinski definition) is 5. The Bertz CT molecular complexity index is 713. The number of pyridine rings is 2. The Labute approximate surface area is 156 Å². The molecule has 4 rings (SSSR count). The van der Waals surface area contributed by atoms with Crippen molar-refractivity contribution >= 4 is 17.5 Å². The van der Waals surface area contributed by atoms with Crippen LogP contribution in [0.25, 0.3) is 0 Å². The van der Waals surface area contributed by atoms with Crippen LogP contribution in [0, 0.1) is 18.8 Å². The van der Waals surface area contributed by atoms with Crippen LogP contribution in [0.5, 0.6) is 0 Å². The summed E-state index contributed by atoms with van der Waals surface area (Å²) in [4.78, 5) is 13.9. The van der Waals surface area contributed by atoms with Gasteiger partial charge in [0.2, 0.25) is 0 Å². The van der Waals surface area contributed by atoms with Gasteiger partial charge in [-0.25, -0.2) is 9.97 Å². The molecule has 138 valence electrons. The third kappa shape index (κ3) is 3.76. The molecule has 0 aliphatic carbocycles. The van der Waals surface area contributed by atoms with Gasteiger partial charge in [0.1, 0.15) is 17.5 Å². The lowest BCUT2D eigenvalue weighted by molar-refractivity contribution is 0.232. The number of anilines is 3. The SMILES string of the molecule is Cc1ccc(N2CCC(C3CCN(c4cccc(N)n4)CC3)CC2)nc1. The van der Waals surface area contributed by atoms with Gasteiger partial charge >= 0.3 is 0 Å². The van der Waals surface area contributed by atoms with Crippen molar-refractivity contribution in [3.05, 3.63) is 42.1 Å². The average molecular weight is 351 g/mol. The van der Waals surface area contributed by atoms with Crippen molar-refractivity contribution in [2.45, 2.75) is 32.6 Å². The molecule has 2 aliphatic heterocycles. The van der Waals surface area contributed by atoms with E-state index in [9.17, 15) is 0 Å². The van der Waals surface area contributed by atoms with Crippen LogP contribution < -0.4 is 15.5 Å². The van der Waals surface area contributed by atoms with Gasteiger partial charge in [0.15, 0.2) is 0 Å². The molecule has 0 aromatic carbocycles. The maximum Gasteiger partial charge on any atom is 0.130 e. The smallest absolute Gasteiger partial charge is 0.130 e. The molecule has 0 atom stereocenters. The van der Waals surface area contributed by atoms with Crippen molar-refractivity contribution in [1.29, 1.82) is 0 Å². The molecule has 0 saturated carbocycles. The van der Waals surface area contributed by atoms with Crippen molar-refractivity contribution in [3.63, 3.8) is 0 Å². The summed E-state index contributed by atoms with van der Waals surface area (Å²) in [5.74, 6) is 4.48. The standard InChI is InChI=1S/C21H29N5/c1-16-5-6-20(23-15-16)25-11-7-17(8-12-25)18-9-13-26(14-10-18)21-4-2-3-19(22)24-21/h2-6,15,17-18H,7-14H2,1H3,(H2,22,24). The minimum absolute atomic E-state index is 0.613. The zero-order chi connectivity index (χ0) is 17.9. The second-order valence-electron chi connectivity index (χ2n) is 7.76. The second kappa shape index (κ2) is 7.52. The topological polar surface area (TPSA) is 58.3 Å². The van der Waals surface area contributed by atoms with Gasteiger partial charge in [0, 0.05) is 32.4 Å². The Morgan fingerprint density at radius 2 is 1.46 bits per heavy atom. The normalized spacial score (nSPS) is 19.7. The van der Waals surface area contributed by atoms with E-state index in [2.05, 4.69) is 44.9 Å². The van der Waals surface area contributed by atoms with E-state index in [1.807, 2.05) is 18.3 Å². The monoisotopic (exact) mass is 351 g/mol. The van der Waals surface area contributed by atoms with E-state index in [0.29, 0.717) is 5.82 Å². The summed E-state index contributed by atoms with van der Waals surface area (Å²) in [5.41, 5.74) is 7.06. The van der Waals surface area contributed by atoms with Crippen LogP contribution in [0.4, 0.5) is 17.5 Å². The summed E-state index contributed by atoms with van der Waals surface area (Å²) in [7, 11) is 0. The zero-order valence-corrected chi connectivity index (χ0v) is 15.6. The molecular weight excluding hydrogens is 322 g/mol. The third-order valence-corrected chi connectivity index (χ3v) is 6.05. The van der Waals surface area contributed by atoms with E-state index in [1.54, 1.807) is 0 Å². The van der Waals surface area contributed by atoms with Gasteiger partial charge in [-0.3, -0.25) is 0 Å². The molecule has 0 bridgehead atoms. The number of aryl methyl sites for hydroxylation is 1. The largest absolute Gasteiger partial charge is 0.384 e. The van der Waals surface area contributed by atoms with Crippen LogP contribution in [0.15, 0.2) is 36.5 Å². The number of nitrogen functional groups attached to an aromatic ring is 1. The Hall–Kier alpha value is -2.30. The Balaban J connectivity index is 1.29. The molecule has 5 heteroatoms. The van der Waals surface area contributed by atoms with Crippen molar-refractivity contribution < 1.29 is 0 Å². The number of hydrogen-bond donors (Lipinski definition) is 1. The zero-order valence-electron chi connectivity index (χ0n) is 15.6. The van der Waals surface area contributed by atoms with Crippen molar-refractivity contribution in [1.82, 2.24) is 9.97 Å². The first-order chi connectivity index (χ1) is 12.7. The van der Waals surface area contributed by atoms with Gasteiger partial charge in [-0.05, 0) is 68.2 Å². The predicted octanol–water partition coefficient (Wildman–Crippen LogP) is 3.50. The molecule has 2 fully saturated rings. The van der Waals surface area contributed by atoms with E-state index in [1.165, 1.54) is 31.2 Å². The Morgan fingerprint density at radius 1 is 0.846 bits per heavy atom. The number of aromatic nitrogens is 2. The van der Waals surface area contributed by atoms with E-state index < -0.39 is 0 Å². The molecule has 2 aliphatic rings. The summed E-state index contributed by atoms with van der Waals surface area (Å²) in [5, 5.41) is 0. The minimum Gasteiger partial charge on any atom is -0.384 e. The highest BCUT2D eigenvalue weighted by Gasteiger charge is 2.30. The van der Waals surface area contributed by atoms with Crippen molar-refractivity contribution in [3.8, 4) is 0 Å². The average Bonchev–Trinajstić information content (AvgIpc) is 2.69. The van der Waals surface area contributed by atoms with Crippen LogP contribution in [-0.2, 0) is 0 Å². The van der Waals surface area contributed by atoms with Crippen LogP contribution >= 0.6 is 0 Å². The summed E-state index contributed by atoms with van der Waals surface area (Å²) < 4.78 is 0. The number of rotatable bonds is 3. The molecule has 2 aromatic heterocycles. The van der Waals surface area contributed by atoms with Gasteiger partial charge in [0.05, 0.1) is 0 Å². The molecule has 0 unspecified atom stereocenters. The van der Waals surface area contributed by atoms with E-state index in [-0.39, 0.29) is 0 Å². The highest BCUT2D eigenvalue weighted by molar-refractivity contribution is 5.45. The van der Waals surface area contributed by atoms with Crippen molar-refractivity contribution in [2.24, 2.45) is 11.8 Å². The summed E-state index contributed by atoms with van der Waals surface area (Å²) in [6, 6.07) is 10.2. The van der Waals surface area contributed by atoms with Gasteiger partial charge in [0.25, 0.3) is 0 Å². The van der Waals surface area contributed by atoms with Crippen LogP contribution in [-0.4, -0.2) is 36.1 Å². The fourth-order valence-electron chi connectivity index (χ4n) is 4.46. The molecule has 2 saturated heterocycles. The highest BCUT2D eigenvalue weighted by atomic mass is 15.2. The first-order valence-electron chi connectivity index (χ1n) is 9.84. The predicted molar refractivity (Wildman–Crippen MR) is 107 cm³/mol. The molecule has 26 heavy (non-hydrogen) atoms. The maximum atomic E-state index is 5.83. The van der Waals surface area contributed by atoms with E-state index in [4.69, 9.17) is 5.73 Å². The number of nitrogens with zero attached hydrogens (tertiary/aromatic N) is 4. The molecule has 2 N–H and O–H groups in total. The maximum absolute atomic E-state index is 5.83. The molecule has 4 heterocycles. The van der Waals surface area contributed by atoms with Gasteiger partial charge < -0.3 is 15.5 Å². The molecular formula is C21H29N5. The first-order valence-corrected chi connectivity index (χ1v) is 9.84. The summed E-state index contributed by atoms with van der Waals surface area (Å²) in [6.45, 7) is 6.56. The molecule has 2 aromatic rings. The number of nitrogens with two attached hydrogens (primary N) is 1. The lowest BCUT2D eigenvalue weighted by atomic mass is 9.79. The van der Waals surface area contributed by atoms with Crippen LogP contribution in [0.1, 0.15) is 31.2 Å². The molecule has 5 nitrogen and oxygen atoms in total. The summed E-state index contributed by atoms with van der Waals surface area (Å²) in [6.07, 6.45) is 7.09.